The lowest BCUT2D eigenvalue weighted by Crippen LogP contribution is -2.30. The fraction of sp³-hybridized carbons (Fsp3) is 0.350. The Morgan fingerprint density at radius 1 is 1.21 bits per heavy atom. The van der Waals surface area contributed by atoms with Gasteiger partial charge in [-0.25, -0.2) is 4.98 Å². The summed E-state index contributed by atoms with van der Waals surface area (Å²) in [7, 11) is 1.89. The van der Waals surface area contributed by atoms with Gasteiger partial charge in [0.25, 0.3) is 5.91 Å². The van der Waals surface area contributed by atoms with E-state index < -0.39 is 5.91 Å². The maximum Gasteiger partial charge on any atom is 0.251 e. The zero-order chi connectivity index (χ0) is 19.7. The van der Waals surface area contributed by atoms with Gasteiger partial charge in [0, 0.05) is 4.88 Å². The number of carbonyl (C=O) groups excluding carboxylic acids is 2. The summed E-state index contributed by atoms with van der Waals surface area (Å²) >= 11 is 3.13. The van der Waals surface area contributed by atoms with Crippen LogP contribution in [0.2, 0.25) is 0 Å². The summed E-state index contributed by atoms with van der Waals surface area (Å²) in [4.78, 5) is 32.2. The summed E-state index contributed by atoms with van der Waals surface area (Å²) in [5, 5.41) is 4.48. The van der Waals surface area contributed by atoms with Crippen molar-refractivity contribution in [2.45, 2.75) is 32.2 Å². The zero-order valence-corrected chi connectivity index (χ0v) is 17.3. The Morgan fingerprint density at radius 3 is 2.79 bits per heavy atom. The molecule has 0 saturated carbocycles. The summed E-state index contributed by atoms with van der Waals surface area (Å²) in [6.07, 6.45) is 3.98. The number of primary amides is 1. The van der Waals surface area contributed by atoms with E-state index in [0.717, 1.165) is 46.5 Å². The molecule has 3 aromatic rings. The van der Waals surface area contributed by atoms with Gasteiger partial charge in [-0.05, 0) is 50.4 Å². The van der Waals surface area contributed by atoms with E-state index in [1.54, 1.807) is 11.3 Å². The van der Waals surface area contributed by atoms with Gasteiger partial charge < -0.3 is 11.1 Å². The number of nitrogens with one attached hydrogen (secondary N) is 1. The molecule has 146 valence electrons. The molecule has 6 nitrogen and oxygen atoms in total. The molecule has 4 rings (SSSR count). The summed E-state index contributed by atoms with van der Waals surface area (Å²) < 4.78 is 1.14. The Morgan fingerprint density at radius 2 is 2.00 bits per heavy atom. The highest BCUT2D eigenvalue weighted by Crippen LogP contribution is 2.37. The lowest BCUT2D eigenvalue weighted by Gasteiger charge is -2.14. The molecule has 2 aromatic heterocycles. The van der Waals surface area contributed by atoms with Crippen LogP contribution in [0, 0.1) is 0 Å². The standard InChI is InChI=1S/C20H22N4O2S2/c1-24(11-17-22-13-7-3-5-9-15(13)27-17)10-16(25)23-20-18(19(21)26)12-6-2-4-8-14(12)28-20/h3,5,7,9H,2,4,6,8,10-11H2,1H3,(H2,21,26)(H,23,25). The van der Waals surface area contributed by atoms with Gasteiger partial charge in [-0.1, -0.05) is 12.1 Å². The maximum atomic E-state index is 12.6. The first-order valence-electron chi connectivity index (χ1n) is 9.28. The number of hydrogen-bond donors (Lipinski definition) is 2. The predicted molar refractivity (Wildman–Crippen MR) is 114 cm³/mol. The summed E-state index contributed by atoms with van der Waals surface area (Å²) in [6.45, 7) is 0.813. The van der Waals surface area contributed by atoms with E-state index >= 15 is 0 Å². The Labute approximate surface area is 171 Å². The summed E-state index contributed by atoms with van der Waals surface area (Å²) in [5.41, 5.74) is 8.11. The number of fused-ring (bicyclic) bond motifs is 2. The molecule has 0 saturated heterocycles. The Hall–Kier alpha value is -2.29. The average molecular weight is 415 g/mol. The van der Waals surface area contributed by atoms with Crippen molar-refractivity contribution in [1.82, 2.24) is 9.88 Å². The number of hydrogen-bond acceptors (Lipinski definition) is 6. The second-order valence-electron chi connectivity index (χ2n) is 7.08. The molecule has 0 spiro atoms. The van der Waals surface area contributed by atoms with E-state index in [1.165, 1.54) is 16.2 Å². The van der Waals surface area contributed by atoms with E-state index in [2.05, 4.69) is 10.3 Å². The minimum atomic E-state index is -0.461. The number of rotatable bonds is 6. The first kappa shape index (κ1) is 19.0. The van der Waals surface area contributed by atoms with Crippen LogP contribution < -0.4 is 11.1 Å². The topological polar surface area (TPSA) is 88.3 Å². The minimum Gasteiger partial charge on any atom is -0.365 e. The van der Waals surface area contributed by atoms with Crippen LogP contribution >= 0.6 is 22.7 Å². The second-order valence-corrected chi connectivity index (χ2v) is 9.30. The Bertz CT molecular complexity index is 1010. The van der Waals surface area contributed by atoms with Crippen molar-refractivity contribution in [2.24, 2.45) is 5.73 Å². The number of carbonyl (C=O) groups is 2. The molecule has 28 heavy (non-hydrogen) atoms. The first-order valence-corrected chi connectivity index (χ1v) is 10.9. The third-order valence-corrected chi connectivity index (χ3v) is 7.06. The molecule has 0 bridgehead atoms. The molecular formula is C20H22N4O2S2. The minimum absolute atomic E-state index is 0.148. The molecule has 0 fully saturated rings. The largest absolute Gasteiger partial charge is 0.365 e. The molecule has 0 radical (unpaired) electrons. The van der Waals surface area contributed by atoms with E-state index in [1.807, 2.05) is 36.2 Å². The monoisotopic (exact) mass is 414 g/mol. The lowest BCUT2D eigenvalue weighted by molar-refractivity contribution is -0.117. The third-order valence-electron chi connectivity index (χ3n) is 4.83. The SMILES string of the molecule is CN(CC(=O)Nc1sc2c(c1C(N)=O)CCCC2)Cc1nc2ccccc2s1. The number of aromatic nitrogens is 1. The smallest absolute Gasteiger partial charge is 0.251 e. The van der Waals surface area contributed by atoms with Gasteiger partial charge in [-0.2, -0.15) is 0 Å². The van der Waals surface area contributed by atoms with Crippen molar-refractivity contribution in [3.05, 3.63) is 45.3 Å². The highest BCUT2D eigenvalue weighted by atomic mass is 32.1. The average Bonchev–Trinajstić information content (AvgIpc) is 3.20. The molecule has 1 aromatic carbocycles. The van der Waals surface area contributed by atoms with Crippen LogP contribution in [0.5, 0.6) is 0 Å². The predicted octanol–water partition coefficient (Wildman–Crippen LogP) is 3.41. The lowest BCUT2D eigenvalue weighted by atomic mass is 9.95. The highest BCUT2D eigenvalue weighted by molar-refractivity contribution is 7.18. The Kier molecular flexibility index (Phi) is 5.43. The number of anilines is 1. The van der Waals surface area contributed by atoms with Crippen LogP contribution in [0.4, 0.5) is 5.00 Å². The number of aryl methyl sites for hydroxylation is 1. The molecule has 1 aliphatic carbocycles. The number of nitrogens with two attached hydrogens (primary N) is 1. The number of para-hydroxylation sites is 1. The highest BCUT2D eigenvalue weighted by Gasteiger charge is 2.25. The number of benzene rings is 1. The van der Waals surface area contributed by atoms with Gasteiger partial charge in [0.1, 0.15) is 10.0 Å². The van der Waals surface area contributed by atoms with Crippen LogP contribution in [0.1, 0.15) is 38.6 Å². The number of likely N-dealkylation sites (N-methyl/N-ethyl adjacent to an activating group) is 1. The van der Waals surface area contributed by atoms with Gasteiger partial charge >= 0.3 is 0 Å². The summed E-state index contributed by atoms with van der Waals surface area (Å²) in [6, 6.07) is 8.01. The fourth-order valence-electron chi connectivity index (χ4n) is 3.60. The number of amides is 2. The van der Waals surface area contributed by atoms with Crippen molar-refractivity contribution in [2.75, 3.05) is 18.9 Å². The number of thiazole rings is 1. The van der Waals surface area contributed by atoms with E-state index in [9.17, 15) is 9.59 Å². The van der Waals surface area contributed by atoms with Crippen molar-refractivity contribution in [1.29, 1.82) is 0 Å². The van der Waals surface area contributed by atoms with Crippen molar-refractivity contribution < 1.29 is 9.59 Å². The van der Waals surface area contributed by atoms with E-state index in [0.29, 0.717) is 17.1 Å². The maximum absolute atomic E-state index is 12.6. The van der Waals surface area contributed by atoms with Gasteiger partial charge in [0.05, 0.1) is 28.9 Å². The molecule has 3 N–H and O–H groups in total. The summed E-state index contributed by atoms with van der Waals surface area (Å²) in [5.74, 6) is -0.609. The number of nitrogens with zero attached hydrogens (tertiary/aromatic N) is 2. The van der Waals surface area contributed by atoms with Crippen molar-refractivity contribution in [3.63, 3.8) is 0 Å². The number of thiophene rings is 1. The zero-order valence-electron chi connectivity index (χ0n) is 15.7. The van der Waals surface area contributed by atoms with Crippen LogP contribution in [-0.4, -0.2) is 35.3 Å². The second kappa shape index (κ2) is 7.98. The van der Waals surface area contributed by atoms with Crippen LogP contribution in [0.3, 0.4) is 0 Å². The molecule has 0 atom stereocenters. The van der Waals surface area contributed by atoms with Crippen LogP contribution in [0.15, 0.2) is 24.3 Å². The third kappa shape index (κ3) is 3.94. The van der Waals surface area contributed by atoms with Crippen molar-refractivity contribution >= 4 is 49.7 Å². The van der Waals surface area contributed by atoms with Gasteiger partial charge in [0.15, 0.2) is 0 Å². The molecule has 2 heterocycles. The normalized spacial score (nSPS) is 13.6. The Balaban J connectivity index is 1.42. The molecule has 8 heteroatoms. The molecular weight excluding hydrogens is 392 g/mol. The van der Waals surface area contributed by atoms with Crippen LogP contribution in [0.25, 0.3) is 10.2 Å². The first-order chi connectivity index (χ1) is 13.5. The molecule has 1 aliphatic rings. The fourth-order valence-corrected chi connectivity index (χ4v) is 5.96. The van der Waals surface area contributed by atoms with E-state index in [-0.39, 0.29) is 12.5 Å². The van der Waals surface area contributed by atoms with Gasteiger partial charge in [0.2, 0.25) is 5.91 Å². The quantitative estimate of drug-likeness (QED) is 0.647. The molecule has 2 amide bonds. The van der Waals surface area contributed by atoms with Crippen LogP contribution in [-0.2, 0) is 24.2 Å². The molecule has 0 unspecified atom stereocenters. The van der Waals surface area contributed by atoms with Gasteiger partial charge in [-0.15, -0.1) is 22.7 Å². The molecule has 0 aliphatic heterocycles. The van der Waals surface area contributed by atoms with Crippen molar-refractivity contribution in [3.8, 4) is 0 Å². The van der Waals surface area contributed by atoms with Gasteiger partial charge in [-0.3, -0.25) is 14.5 Å². The van der Waals surface area contributed by atoms with E-state index in [4.69, 9.17) is 5.73 Å².